The Balaban J connectivity index is 1.86. The molecule has 0 bridgehead atoms. The topological polar surface area (TPSA) is 125 Å². The number of aromatic nitrogens is 4. The molecule has 0 aliphatic carbocycles. The number of halogens is 1. The molecule has 1 atom stereocenters. The lowest BCUT2D eigenvalue weighted by Crippen LogP contribution is -2.13. The van der Waals surface area contributed by atoms with Crippen molar-refractivity contribution in [2.45, 2.75) is 19.9 Å². The van der Waals surface area contributed by atoms with Crippen molar-refractivity contribution in [3.8, 4) is 17.3 Å². The smallest absolute Gasteiger partial charge is 0.356 e. The molecule has 9 heteroatoms. The molecule has 32 heavy (non-hydrogen) atoms. The molecular formula is C23H17ClN6O2. The summed E-state index contributed by atoms with van der Waals surface area (Å²) in [5, 5.41) is 22.4. The van der Waals surface area contributed by atoms with E-state index in [2.05, 4.69) is 26.3 Å². The molecule has 4 aromatic rings. The quantitative estimate of drug-likeness (QED) is 0.421. The zero-order valence-corrected chi connectivity index (χ0v) is 17.9. The molecule has 0 radical (unpaired) electrons. The molecule has 0 amide bonds. The highest BCUT2D eigenvalue weighted by molar-refractivity contribution is 6.29. The number of nitrogens with one attached hydrogen (secondary N) is 1. The number of rotatable bonds is 5. The van der Waals surface area contributed by atoms with E-state index in [1.165, 1.54) is 6.07 Å². The SMILES string of the molecule is Cc1cc([C@@H](C)Nc2ccc(Cl)nc2C(=O)O)c2nc(-c3cccnc3)c(C#N)nc2c1. The monoisotopic (exact) mass is 444 g/mol. The first kappa shape index (κ1) is 21.2. The van der Waals surface area contributed by atoms with Gasteiger partial charge in [-0.25, -0.2) is 19.7 Å². The molecule has 0 spiro atoms. The van der Waals surface area contributed by atoms with E-state index in [0.717, 1.165) is 11.1 Å². The van der Waals surface area contributed by atoms with Crippen molar-refractivity contribution in [1.29, 1.82) is 5.26 Å². The number of carbonyl (C=O) groups is 1. The molecule has 0 saturated carbocycles. The molecule has 158 valence electrons. The minimum absolute atomic E-state index is 0.0950. The summed E-state index contributed by atoms with van der Waals surface area (Å²) < 4.78 is 0. The van der Waals surface area contributed by atoms with Crippen molar-refractivity contribution >= 4 is 34.3 Å². The second-order valence-electron chi connectivity index (χ2n) is 7.20. The van der Waals surface area contributed by atoms with E-state index >= 15 is 0 Å². The summed E-state index contributed by atoms with van der Waals surface area (Å²) in [5.74, 6) is -1.19. The average molecular weight is 445 g/mol. The predicted octanol–water partition coefficient (Wildman–Crippen LogP) is 4.79. The fourth-order valence-corrected chi connectivity index (χ4v) is 3.62. The third-order valence-electron chi connectivity index (χ3n) is 4.89. The first-order chi connectivity index (χ1) is 15.4. The van der Waals surface area contributed by atoms with Crippen LogP contribution in [0.3, 0.4) is 0 Å². The summed E-state index contributed by atoms with van der Waals surface area (Å²) in [7, 11) is 0. The predicted molar refractivity (Wildman–Crippen MR) is 120 cm³/mol. The average Bonchev–Trinajstić information content (AvgIpc) is 2.79. The Labute approximate surface area is 188 Å². The second kappa shape index (κ2) is 8.57. The van der Waals surface area contributed by atoms with Gasteiger partial charge in [0, 0.05) is 23.5 Å². The van der Waals surface area contributed by atoms with Crippen LogP contribution in [0.15, 0.2) is 48.8 Å². The molecule has 0 fully saturated rings. The van der Waals surface area contributed by atoms with Crippen LogP contribution in [0.25, 0.3) is 22.3 Å². The Kier molecular flexibility index (Phi) is 5.67. The molecule has 4 rings (SSSR count). The van der Waals surface area contributed by atoms with Gasteiger partial charge in [0.15, 0.2) is 11.4 Å². The Bertz CT molecular complexity index is 1390. The molecule has 0 aliphatic heterocycles. The number of aryl methyl sites for hydroxylation is 1. The van der Waals surface area contributed by atoms with Gasteiger partial charge in [-0.2, -0.15) is 5.26 Å². The Morgan fingerprint density at radius 3 is 2.72 bits per heavy atom. The maximum Gasteiger partial charge on any atom is 0.356 e. The minimum atomic E-state index is -1.19. The van der Waals surface area contributed by atoms with Gasteiger partial charge >= 0.3 is 5.97 Å². The first-order valence-electron chi connectivity index (χ1n) is 9.66. The standard InChI is InChI=1S/C23H17ClN6O2/c1-12-8-15(13(2)27-16-5-6-19(24)29-22(16)23(31)32)21-17(9-12)28-18(10-25)20(30-21)14-4-3-7-26-11-14/h3-9,11,13,27H,1-2H3,(H,31,32)/t13-/m1/s1. The van der Waals surface area contributed by atoms with Crippen molar-refractivity contribution in [2.75, 3.05) is 5.32 Å². The van der Waals surface area contributed by atoms with E-state index in [1.54, 1.807) is 24.5 Å². The summed E-state index contributed by atoms with van der Waals surface area (Å²) >= 11 is 5.87. The van der Waals surface area contributed by atoms with Gasteiger partial charge in [0.1, 0.15) is 16.9 Å². The number of nitriles is 1. The van der Waals surface area contributed by atoms with Crippen LogP contribution in [-0.2, 0) is 0 Å². The van der Waals surface area contributed by atoms with Gasteiger partial charge in [-0.1, -0.05) is 17.7 Å². The highest BCUT2D eigenvalue weighted by atomic mass is 35.5. The van der Waals surface area contributed by atoms with E-state index in [9.17, 15) is 15.2 Å². The minimum Gasteiger partial charge on any atom is -0.476 e. The van der Waals surface area contributed by atoms with Crippen LogP contribution < -0.4 is 5.32 Å². The van der Waals surface area contributed by atoms with E-state index in [-0.39, 0.29) is 22.6 Å². The molecule has 8 nitrogen and oxygen atoms in total. The van der Waals surface area contributed by atoms with E-state index in [4.69, 9.17) is 16.6 Å². The zero-order valence-electron chi connectivity index (χ0n) is 17.2. The van der Waals surface area contributed by atoms with Crippen LogP contribution in [-0.4, -0.2) is 31.0 Å². The summed E-state index contributed by atoms with van der Waals surface area (Å²) in [6.45, 7) is 3.81. The normalized spacial score (nSPS) is 11.7. The lowest BCUT2D eigenvalue weighted by atomic mass is 10.0. The molecule has 1 aromatic carbocycles. The van der Waals surface area contributed by atoms with Crippen LogP contribution >= 0.6 is 11.6 Å². The summed E-state index contributed by atoms with van der Waals surface area (Å²) in [6, 6.07) is 12.3. The zero-order chi connectivity index (χ0) is 22.8. The van der Waals surface area contributed by atoms with Crippen molar-refractivity contribution in [1.82, 2.24) is 19.9 Å². The van der Waals surface area contributed by atoms with Crippen molar-refractivity contribution in [3.63, 3.8) is 0 Å². The third-order valence-corrected chi connectivity index (χ3v) is 5.10. The fourth-order valence-electron chi connectivity index (χ4n) is 3.47. The van der Waals surface area contributed by atoms with Crippen molar-refractivity contribution in [3.05, 3.63) is 76.5 Å². The summed E-state index contributed by atoms with van der Waals surface area (Å²) in [6.07, 6.45) is 3.27. The summed E-state index contributed by atoms with van der Waals surface area (Å²) in [5.41, 5.74) is 4.39. The van der Waals surface area contributed by atoms with Crippen LogP contribution in [0.2, 0.25) is 5.15 Å². The highest BCUT2D eigenvalue weighted by Crippen LogP contribution is 2.30. The Morgan fingerprint density at radius 2 is 2.03 bits per heavy atom. The number of hydrogen-bond acceptors (Lipinski definition) is 7. The first-order valence-corrected chi connectivity index (χ1v) is 10.0. The van der Waals surface area contributed by atoms with Gasteiger partial charge in [-0.05, 0) is 49.7 Å². The van der Waals surface area contributed by atoms with Crippen molar-refractivity contribution < 1.29 is 9.90 Å². The maximum atomic E-state index is 11.6. The Hall–Kier alpha value is -4.09. The molecule has 0 saturated heterocycles. The Morgan fingerprint density at radius 1 is 1.22 bits per heavy atom. The number of carboxylic acids is 1. The third kappa shape index (κ3) is 4.06. The second-order valence-corrected chi connectivity index (χ2v) is 7.58. The largest absolute Gasteiger partial charge is 0.476 e. The lowest BCUT2D eigenvalue weighted by Gasteiger charge is -2.19. The molecule has 0 aliphatic rings. The van der Waals surface area contributed by atoms with E-state index < -0.39 is 5.97 Å². The lowest BCUT2D eigenvalue weighted by molar-refractivity contribution is 0.0691. The van der Waals surface area contributed by atoms with Gasteiger partial charge in [-0.3, -0.25) is 4.98 Å². The van der Waals surface area contributed by atoms with Crippen molar-refractivity contribution in [2.24, 2.45) is 0 Å². The van der Waals surface area contributed by atoms with E-state index in [1.807, 2.05) is 32.0 Å². The van der Waals surface area contributed by atoms with Crippen LogP contribution in [0.4, 0.5) is 5.69 Å². The van der Waals surface area contributed by atoms with Gasteiger partial charge < -0.3 is 10.4 Å². The van der Waals surface area contributed by atoms with Gasteiger partial charge in [-0.15, -0.1) is 0 Å². The number of fused-ring (bicyclic) bond motifs is 1. The number of aromatic carboxylic acids is 1. The molecular weight excluding hydrogens is 428 g/mol. The number of nitrogens with zero attached hydrogens (tertiary/aromatic N) is 5. The fraction of sp³-hybridized carbons (Fsp3) is 0.130. The molecule has 3 heterocycles. The number of hydrogen-bond donors (Lipinski definition) is 2. The number of benzene rings is 1. The molecule has 2 N–H and O–H groups in total. The van der Waals surface area contributed by atoms with Crippen LogP contribution in [0.5, 0.6) is 0 Å². The number of anilines is 1. The van der Waals surface area contributed by atoms with E-state index in [0.29, 0.717) is 28.0 Å². The maximum absolute atomic E-state index is 11.6. The number of pyridine rings is 2. The number of carboxylic acid groups (broad SMARTS) is 1. The molecule has 0 unspecified atom stereocenters. The van der Waals surface area contributed by atoms with Gasteiger partial charge in [0.2, 0.25) is 0 Å². The summed E-state index contributed by atoms with van der Waals surface area (Å²) in [4.78, 5) is 28.9. The van der Waals surface area contributed by atoms with Gasteiger partial charge in [0.25, 0.3) is 0 Å². The highest BCUT2D eigenvalue weighted by Gasteiger charge is 2.20. The van der Waals surface area contributed by atoms with Gasteiger partial charge in [0.05, 0.1) is 22.8 Å². The van der Waals surface area contributed by atoms with Crippen LogP contribution in [0.1, 0.15) is 40.3 Å². The van der Waals surface area contributed by atoms with Crippen LogP contribution in [0, 0.1) is 18.3 Å². The molecule has 3 aromatic heterocycles.